The third-order valence-corrected chi connectivity index (χ3v) is 4.75. The van der Waals surface area contributed by atoms with Crippen molar-refractivity contribution in [1.29, 1.82) is 0 Å². The molecular formula is C8H15N5O3S2. The van der Waals surface area contributed by atoms with Crippen molar-refractivity contribution in [2.75, 3.05) is 11.9 Å². The van der Waals surface area contributed by atoms with Gasteiger partial charge in [-0.25, -0.2) is 13.1 Å². The van der Waals surface area contributed by atoms with Crippen molar-refractivity contribution >= 4 is 32.4 Å². The van der Waals surface area contributed by atoms with E-state index in [1.165, 1.54) is 6.92 Å². The van der Waals surface area contributed by atoms with Crippen LogP contribution in [0.15, 0.2) is 4.34 Å². The normalized spacial score (nSPS) is 13.3. The summed E-state index contributed by atoms with van der Waals surface area (Å²) in [5.74, 6) is -0.337. The maximum absolute atomic E-state index is 11.9. The second-order valence-corrected chi connectivity index (χ2v) is 6.38. The first-order valence-electron chi connectivity index (χ1n) is 5.22. The number of carbonyl (C=O) groups excluding carboxylic acids is 1. The van der Waals surface area contributed by atoms with Crippen LogP contribution in [0, 0.1) is 0 Å². The van der Waals surface area contributed by atoms with Gasteiger partial charge in [0, 0.05) is 19.5 Å². The summed E-state index contributed by atoms with van der Waals surface area (Å²) < 4.78 is 26.0. The average Bonchev–Trinajstić information content (AvgIpc) is 2.74. The van der Waals surface area contributed by atoms with E-state index in [2.05, 4.69) is 20.2 Å². The third kappa shape index (κ3) is 3.98. The number of hydrogen-bond acceptors (Lipinski definition) is 7. The van der Waals surface area contributed by atoms with Crippen molar-refractivity contribution in [2.45, 2.75) is 30.6 Å². The van der Waals surface area contributed by atoms with E-state index in [0.29, 0.717) is 6.42 Å². The lowest BCUT2D eigenvalue weighted by Crippen LogP contribution is -2.39. The van der Waals surface area contributed by atoms with Crippen molar-refractivity contribution in [2.24, 2.45) is 5.73 Å². The first-order valence-corrected chi connectivity index (χ1v) is 7.52. The number of carbonyl (C=O) groups is 1. The molecule has 0 aliphatic carbocycles. The lowest BCUT2D eigenvalue weighted by Gasteiger charge is -2.12. The van der Waals surface area contributed by atoms with Crippen molar-refractivity contribution in [3.8, 4) is 0 Å². The molecular weight excluding hydrogens is 278 g/mol. The topological polar surface area (TPSA) is 127 Å². The van der Waals surface area contributed by atoms with Crippen LogP contribution < -0.4 is 15.8 Å². The zero-order valence-electron chi connectivity index (χ0n) is 10.0. The molecule has 10 heteroatoms. The van der Waals surface area contributed by atoms with Crippen LogP contribution in [0.5, 0.6) is 0 Å². The smallest absolute Gasteiger partial charge is 0.270 e. The zero-order valence-corrected chi connectivity index (χ0v) is 11.6. The highest BCUT2D eigenvalue weighted by Crippen LogP contribution is 2.19. The van der Waals surface area contributed by atoms with E-state index in [1.54, 1.807) is 0 Å². The van der Waals surface area contributed by atoms with Crippen LogP contribution in [-0.4, -0.2) is 37.1 Å². The molecule has 8 nitrogen and oxygen atoms in total. The molecule has 1 unspecified atom stereocenters. The maximum atomic E-state index is 11.9. The van der Waals surface area contributed by atoms with E-state index in [0.717, 1.165) is 11.3 Å². The van der Waals surface area contributed by atoms with Gasteiger partial charge in [-0.1, -0.05) is 18.3 Å². The van der Waals surface area contributed by atoms with Crippen LogP contribution in [0.4, 0.5) is 5.13 Å². The van der Waals surface area contributed by atoms with Gasteiger partial charge in [0.15, 0.2) is 0 Å². The van der Waals surface area contributed by atoms with Crippen molar-refractivity contribution in [1.82, 2.24) is 14.9 Å². The minimum Gasteiger partial charge on any atom is -0.329 e. The lowest BCUT2D eigenvalue weighted by molar-refractivity contribution is -0.114. The molecule has 1 rings (SSSR count). The molecule has 0 aliphatic heterocycles. The molecule has 0 saturated carbocycles. The largest absolute Gasteiger partial charge is 0.329 e. The molecule has 1 atom stereocenters. The highest BCUT2D eigenvalue weighted by Gasteiger charge is 2.23. The summed E-state index contributed by atoms with van der Waals surface area (Å²) >= 11 is 0.786. The quantitative estimate of drug-likeness (QED) is 0.607. The van der Waals surface area contributed by atoms with Crippen LogP contribution in [0.25, 0.3) is 0 Å². The number of amides is 1. The summed E-state index contributed by atoms with van der Waals surface area (Å²) in [4.78, 5) is 10.8. The maximum Gasteiger partial charge on any atom is 0.270 e. The Morgan fingerprint density at radius 1 is 1.50 bits per heavy atom. The van der Waals surface area contributed by atoms with Crippen LogP contribution in [0.2, 0.25) is 0 Å². The zero-order chi connectivity index (χ0) is 13.8. The molecule has 18 heavy (non-hydrogen) atoms. The SMILES string of the molecule is CCC(CN)NS(=O)(=O)c1nnc(NC(C)=O)s1. The Labute approximate surface area is 109 Å². The van der Waals surface area contributed by atoms with Gasteiger partial charge in [0.1, 0.15) is 0 Å². The Bertz CT molecular complexity index is 509. The molecule has 0 saturated heterocycles. The number of aromatic nitrogens is 2. The lowest BCUT2D eigenvalue weighted by atomic mass is 10.2. The van der Waals surface area contributed by atoms with E-state index in [1.807, 2.05) is 6.92 Å². The number of nitrogens with one attached hydrogen (secondary N) is 2. The molecule has 0 aliphatic rings. The molecule has 0 bridgehead atoms. The van der Waals surface area contributed by atoms with E-state index < -0.39 is 10.0 Å². The van der Waals surface area contributed by atoms with Gasteiger partial charge in [-0.3, -0.25) is 4.79 Å². The fourth-order valence-corrected chi connectivity index (χ4v) is 3.38. The Hall–Kier alpha value is -1.10. The Morgan fingerprint density at radius 3 is 2.67 bits per heavy atom. The van der Waals surface area contributed by atoms with Crippen LogP contribution >= 0.6 is 11.3 Å². The molecule has 0 spiro atoms. The number of anilines is 1. The standard InChI is InChI=1S/C8H15N5O3S2/c1-3-6(4-9)13-18(15,16)8-12-11-7(17-8)10-5(2)14/h6,13H,3-4,9H2,1-2H3,(H,10,11,14). The minimum absolute atomic E-state index is 0.142. The number of nitrogens with zero attached hydrogens (tertiary/aromatic N) is 2. The van der Waals surface area contributed by atoms with E-state index in [4.69, 9.17) is 5.73 Å². The van der Waals surface area contributed by atoms with Gasteiger partial charge >= 0.3 is 0 Å². The highest BCUT2D eigenvalue weighted by molar-refractivity contribution is 7.91. The summed E-state index contributed by atoms with van der Waals surface area (Å²) in [5, 5.41) is 9.60. The summed E-state index contributed by atoms with van der Waals surface area (Å²) in [7, 11) is -3.74. The molecule has 1 heterocycles. The molecule has 1 amide bonds. The summed E-state index contributed by atoms with van der Waals surface area (Å²) in [6.45, 7) is 3.32. The van der Waals surface area contributed by atoms with Crippen molar-refractivity contribution < 1.29 is 13.2 Å². The van der Waals surface area contributed by atoms with Gasteiger partial charge in [0.05, 0.1) is 0 Å². The second-order valence-electron chi connectivity index (χ2n) is 3.52. The number of sulfonamides is 1. The van der Waals surface area contributed by atoms with E-state index >= 15 is 0 Å². The second kappa shape index (κ2) is 6.18. The number of nitrogens with two attached hydrogens (primary N) is 1. The molecule has 4 N–H and O–H groups in total. The van der Waals surface area contributed by atoms with Crippen molar-refractivity contribution in [3.63, 3.8) is 0 Å². The van der Waals surface area contributed by atoms with Gasteiger partial charge in [0.25, 0.3) is 10.0 Å². The molecule has 102 valence electrons. The molecule has 1 aromatic heterocycles. The van der Waals surface area contributed by atoms with Gasteiger partial charge in [-0.2, -0.15) is 0 Å². The first kappa shape index (κ1) is 15.0. The summed E-state index contributed by atoms with van der Waals surface area (Å²) in [5.41, 5.74) is 5.42. The summed E-state index contributed by atoms with van der Waals surface area (Å²) in [6, 6.07) is -0.344. The van der Waals surface area contributed by atoms with Crippen molar-refractivity contribution in [3.05, 3.63) is 0 Å². The molecule has 1 aromatic rings. The molecule has 0 radical (unpaired) electrons. The molecule has 0 aromatic carbocycles. The minimum atomic E-state index is -3.74. The monoisotopic (exact) mass is 293 g/mol. The Kier molecular flexibility index (Phi) is 5.14. The number of rotatable bonds is 6. The van der Waals surface area contributed by atoms with Gasteiger partial charge < -0.3 is 11.1 Å². The highest BCUT2D eigenvalue weighted by atomic mass is 32.2. The Balaban J connectivity index is 2.85. The van der Waals surface area contributed by atoms with Gasteiger partial charge in [-0.05, 0) is 6.42 Å². The van der Waals surface area contributed by atoms with Crippen LogP contribution in [0.3, 0.4) is 0 Å². The van der Waals surface area contributed by atoms with Gasteiger partial charge in [-0.15, -0.1) is 10.2 Å². The predicted molar refractivity (Wildman–Crippen MR) is 67.7 cm³/mol. The van der Waals surface area contributed by atoms with Gasteiger partial charge in [0.2, 0.25) is 15.4 Å². The predicted octanol–water partition coefficient (Wildman–Crippen LogP) is -0.488. The number of hydrogen-bond donors (Lipinski definition) is 3. The summed E-state index contributed by atoms with van der Waals surface area (Å²) in [6.07, 6.45) is 0.576. The van der Waals surface area contributed by atoms with E-state index in [9.17, 15) is 13.2 Å². The van der Waals surface area contributed by atoms with E-state index in [-0.39, 0.29) is 28.0 Å². The van der Waals surface area contributed by atoms with Crippen LogP contribution in [-0.2, 0) is 14.8 Å². The van der Waals surface area contributed by atoms with Crippen LogP contribution in [0.1, 0.15) is 20.3 Å². The Morgan fingerprint density at radius 2 is 2.17 bits per heavy atom. The third-order valence-electron chi connectivity index (χ3n) is 2.02. The molecule has 0 fully saturated rings. The fourth-order valence-electron chi connectivity index (χ4n) is 1.09. The fraction of sp³-hybridized carbons (Fsp3) is 0.625. The first-order chi connectivity index (χ1) is 8.39. The average molecular weight is 293 g/mol.